The molecule has 0 spiro atoms. The van der Waals surface area contributed by atoms with Crippen molar-refractivity contribution in [1.82, 2.24) is 9.99 Å². The van der Waals surface area contributed by atoms with Crippen molar-refractivity contribution in [3.63, 3.8) is 0 Å². The molecule has 1 aromatic heterocycles. The smallest absolute Gasteiger partial charge is 0.264 e. The zero-order valence-corrected chi connectivity index (χ0v) is 23.5. The van der Waals surface area contributed by atoms with Crippen LogP contribution in [-0.4, -0.2) is 31.7 Å². The molecule has 0 bridgehead atoms. The molecule has 0 atom stereocenters. The minimum atomic E-state index is -4.13. The number of rotatable bonds is 8. The van der Waals surface area contributed by atoms with Gasteiger partial charge in [0, 0.05) is 32.7 Å². The van der Waals surface area contributed by atoms with E-state index in [4.69, 9.17) is 34.8 Å². The van der Waals surface area contributed by atoms with Gasteiger partial charge < -0.3 is 4.57 Å². The minimum absolute atomic E-state index is 0.00998. The summed E-state index contributed by atoms with van der Waals surface area (Å²) >= 11 is 18.5. The van der Waals surface area contributed by atoms with Gasteiger partial charge in [-0.1, -0.05) is 59.1 Å². The summed E-state index contributed by atoms with van der Waals surface area (Å²) in [6, 6.07) is 21.5. The van der Waals surface area contributed by atoms with Crippen LogP contribution in [0, 0.1) is 13.8 Å². The number of aryl methyl sites for hydroxylation is 1. The highest BCUT2D eigenvalue weighted by molar-refractivity contribution is 7.92. The summed E-state index contributed by atoms with van der Waals surface area (Å²) in [5, 5.41) is 5.10. The molecular weight excluding hydrogens is 567 g/mol. The third-order valence-corrected chi connectivity index (χ3v) is 8.27. The number of hydrogen-bond acceptors (Lipinski definition) is 4. The summed E-state index contributed by atoms with van der Waals surface area (Å²) in [4.78, 5) is 12.9. The van der Waals surface area contributed by atoms with Gasteiger partial charge in [0.05, 0.1) is 21.8 Å². The van der Waals surface area contributed by atoms with E-state index in [1.54, 1.807) is 24.3 Å². The van der Waals surface area contributed by atoms with Gasteiger partial charge in [0.25, 0.3) is 15.9 Å². The number of nitrogens with one attached hydrogen (secondary N) is 1. The van der Waals surface area contributed by atoms with Gasteiger partial charge in [-0.2, -0.15) is 5.10 Å². The lowest BCUT2D eigenvalue weighted by Crippen LogP contribution is -2.39. The summed E-state index contributed by atoms with van der Waals surface area (Å²) in [5.41, 5.74) is 6.05. The molecule has 0 aliphatic rings. The van der Waals surface area contributed by atoms with E-state index in [-0.39, 0.29) is 15.6 Å². The number of aromatic nitrogens is 1. The molecule has 1 heterocycles. The molecule has 4 aromatic rings. The molecule has 1 amide bonds. The number of hydrogen-bond donors (Lipinski definition) is 1. The molecule has 0 unspecified atom stereocenters. The predicted molar refractivity (Wildman–Crippen MR) is 153 cm³/mol. The third-order valence-electron chi connectivity index (χ3n) is 5.73. The van der Waals surface area contributed by atoms with E-state index in [0.29, 0.717) is 10.0 Å². The van der Waals surface area contributed by atoms with Crippen LogP contribution in [0.5, 0.6) is 0 Å². The number of carbonyl (C=O) groups excluding carboxylic acids is 1. The zero-order valence-electron chi connectivity index (χ0n) is 20.4. The lowest BCUT2D eigenvalue weighted by atomic mass is 10.2. The largest absolute Gasteiger partial charge is 0.318 e. The maximum atomic E-state index is 13.4. The maximum Gasteiger partial charge on any atom is 0.264 e. The van der Waals surface area contributed by atoms with E-state index < -0.39 is 22.5 Å². The summed E-state index contributed by atoms with van der Waals surface area (Å²) < 4.78 is 29.8. The monoisotopic (exact) mass is 588 g/mol. The number of nitrogens with zero attached hydrogens (tertiary/aromatic N) is 3. The van der Waals surface area contributed by atoms with E-state index in [1.807, 2.05) is 42.7 Å². The van der Waals surface area contributed by atoms with E-state index >= 15 is 0 Å². The second-order valence-corrected chi connectivity index (χ2v) is 11.5. The van der Waals surface area contributed by atoms with E-state index in [9.17, 15) is 13.2 Å². The van der Waals surface area contributed by atoms with Gasteiger partial charge >= 0.3 is 0 Å². The highest BCUT2D eigenvalue weighted by atomic mass is 35.5. The Balaban J connectivity index is 1.57. The molecule has 7 nitrogen and oxygen atoms in total. The molecule has 0 saturated carbocycles. The Kier molecular flexibility index (Phi) is 8.47. The average Bonchev–Trinajstić information content (AvgIpc) is 3.16. The number of carbonyl (C=O) groups is 1. The third kappa shape index (κ3) is 6.05. The fourth-order valence-corrected chi connectivity index (χ4v) is 6.18. The van der Waals surface area contributed by atoms with Crippen LogP contribution in [-0.2, 0) is 14.8 Å². The van der Waals surface area contributed by atoms with Crippen LogP contribution < -0.4 is 9.73 Å². The summed E-state index contributed by atoms with van der Waals surface area (Å²) in [6.07, 6.45) is 1.51. The lowest BCUT2D eigenvalue weighted by molar-refractivity contribution is -0.119. The Labute approximate surface area is 236 Å². The van der Waals surface area contributed by atoms with Crippen molar-refractivity contribution >= 4 is 62.6 Å². The molecule has 38 heavy (non-hydrogen) atoms. The quantitative estimate of drug-likeness (QED) is 0.191. The number of halogens is 3. The van der Waals surface area contributed by atoms with Crippen molar-refractivity contribution in [3.05, 3.63) is 111 Å². The highest BCUT2D eigenvalue weighted by Crippen LogP contribution is 2.32. The van der Waals surface area contributed by atoms with Gasteiger partial charge in [-0.3, -0.25) is 9.10 Å². The molecule has 0 saturated heterocycles. The standard InChI is InChI=1S/C27H23Cl3N4O3S/c1-18-13-20(19(2)34(18)23-8-6-7-21(28)14-23)16-31-32-27(35)17-33(26-12-11-22(29)15-25(26)30)38(36,37)24-9-4-3-5-10-24/h3-16H,17H2,1-2H3,(H,32,35)/b31-16-. The molecule has 0 radical (unpaired) electrons. The maximum absolute atomic E-state index is 13.4. The first kappa shape index (κ1) is 27.7. The molecule has 3 aromatic carbocycles. The molecule has 0 aliphatic heterocycles. The van der Waals surface area contributed by atoms with Gasteiger partial charge in [0.15, 0.2) is 0 Å². The first-order valence-electron chi connectivity index (χ1n) is 11.4. The fraction of sp³-hybridized carbons (Fsp3) is 0.111. The molecule has 196 valence electrons. The van der Waals surface area contributed by atoms with E-state index in [0.717, 1.165) is 26.9 Å². The number of benzene rings is 3. The first-order valence-corrected chi connectivity index (χ1v) is 13.9. The van der Waals surface area contributed by atoms with Crippen LogP contribution in [0.2, 0.25) is 15.1 Å². The van der Waals surface area contributed by atoms with Gasteiger partial charge in [-0.05, 0) is 68.4 Å². The van der Waals surface area contributed by atoms with Crippen molar-refractivity contribution < 1.29 is 13.2 Å². The molecule has 0 fully saturated rings. The SMILES string of the molecule is Cc1cc(/C=N\NC(=O)CN(c2ccc(Cl)cc2Cl)S(=O)(=O)c2ccccc2)c(C)n1-c1cccc(Cl)c1. The molecule has 11 heteroatoms. The predicted octanol–water partition coefficient (Wildman–Crippen LogP) is 6.40. The summed E-state index contributed by atoms with van der Waals surface area (Å²) in [6.45, 7) is 3.32. The zero-order chi connectivity index (χ0) is 27.4. The average molecular weight is 590 g/mol. The van der Waals surface area contributed by atoms with Crippen LogP contribution in [0.3, 0.4) is 0 Å². The second-order valence-electron chi connectivity index (χ2n) is 8.36. The van der Waals surface area contributed by atoms with Crippen molar-refractivity contribution in [3.8, 4) is 5.69 Å². The van der Waals surface area contributed by atoms with Gasteiger partial charge in [0.1, 0.15) is 6.54 Å². The number of amides is 1. The van der Waals surface area contributed by atoms with Crippen molar-refractivity contribution in [2.24, 2.45) is 5.10 Å². The lowest BCUT2D eigenvalue weighted by Gasteiger charge is -2.24. The van der Waals surface area contributed by atoms with Crippen LogP contribution in [0.1, 0.15) is 17.0 Å². The van der Waals surface area contributed by atoms with Gasteiger partial charge in [-0.15, -0.1) is 0 Å². The van der Waals surface area contributed by atoms with Crippen LogP contribution in [0.25, 0.3) is 5.69 Å². The Hall–Kier alpha value is -3.30. The molecule has 0 aliphatic carbocycles. The Morgan fingerprint density at radius 3 is 2.34 bits per heavy atom. The first-order chi connectivity index (χ1) is 18.1. The number of anilines is 1. The number of hydrazone groups is 1. The van der Waals surface area contributed by atoms with Crippen molar-refractivity contribution in [1.29, 1.82) is 0 Å². The molecular formula is C27H23Cl3N4O3S. The Bertz CT molecular complexity index is 1620. The van der Waals surface area contributed by atoms with Gasteiger partial charge in [-0.25, -0.2) is 13.8 Å². The summed E-state index contributed by atoms with van der Waals surface area (Å²) in [7, 11) is -4.13. The van der Waals surface area contributed by atoms with Crippen LogP contribution >= 0.6 is 34.8 Å². The number of sulfonamides is 1. The van der Waals surface area contributed by atoms with E-state index in [1.165, 1.54) is 36.5 Å². The van der Waals surface area contributed by atoms with Crippen molar-refractivity contribution in [2.75, 3.05) is 10.8 Å². The summed E-state index contributed by atoms with van der Waals surface area (Å²) in [5.74, 6) is -0.657. The molecule has 4 rings (SSSR count). The normalized spacial score (nSPS) is 11.6. The van der Waals surface area contributed by atoms with Crippen LogP contribution in [0.15, 0.2) is 88.9 Å². The van der Waals surface area contributed by atoms with E-state index in [2.05, 4.69) is 10.5 Å². The Morgan fingerprint density at radius 1 is 0.947 bits per heavy atom. The molecule has 1 N–H and O–H groups in total. The Morgan fingerprint density at radius 2 is 1.66 bits per heavy atom. The van der Waals surface area contributed by atoms with Gasteiger partial charge in [0.2, 0.25) is 0 Å². The minimum Gasteiger partial charge on any atom is -0.318 e. The van der Waals surface area contributed by atoms with Crippen LogP contribution in [0.4, 0.5) is 5.69 Å². The highest BCUT2D eigenvalue weighted by Gasteiger charge is 2.28. The topological polar surface area (TPSA) is 83.8 Å². The van der Waals surface area contributed by atoms with Crippen molar-refractivity contribution in [2.45, 2.75) is 18.7 Å². The second kappa shape index (κ2) is 11.6. The fourth-order valence-electron chi connectivity index (χ4n) is 3.97.